The highest BCUT2D eigenvalue weighted by Crippen LogP contribution is 2.14. The van der Waals surface area contributed by atoms with E-state index in [2.05, 4.69) is 0 Å². The highest BCUT2D eigenvalue weighted by atomic mass is 16.5. The number of hydrogen-bond donors (Lipinski definition) is 4. The van der Waals surface area contributed by atoms with Gasteiger partial charge in [-0.3, -0.25) is 22.3 Å². The second-order valence-electron chi connectivity index (χ2n) is 5.37. The maximum Gasteiger partial charge on any atom is 0.270 e. The van der Waals surface area contributed by atoms with Crippen LogP contribution in [0.3, 0.4) is 0 Å². The Morgan fingerprint density at radius 2 is 1.17 bits per heavy atom. The highest BCUT2D eigenvalue weighted by Gasteiger charge is 2.04. The van der Waals surface area contributed by atoms with Crippen molar-refractivity contribution in [3.8, 4) is 11.5 Å². The van der Waals surface area contributed by atoms with Crippen molar-refractivity contribution in [2.45, 2.75) is 12.8 Å². The van der Waals surface area contributed by atoms with Crippen molar-refractivity contribution in [3.05, 3.63) is 59.7 Å². The third kappa shape index (κ3) is 5.31. The maximum atomic E-state index is 5.68. The van der Waals surface area contributed by atoms with E-state index in [-0.39, 0.29) is 11.7 Å². The molecule has 0 saturated carbocycles. The molecule has 0 aromatic heterocycles. The molecule has 2 aromatic rings. The van der Waals surface area contributed by atoms with Crippen LogP contribution in [0.15, 0.2) is 48.5 Å². The fourth-order valence-corrected chi connectivity index (χ4v) is 2.12. The molecule has 0 fully saturated rings. The summed E-state index contributed by atoms with van der Waals surface area (Å²) in [7, 11) is 0. The first-order chi connectivity index (χ1) is 11.6. The quantitative estimate of drug-likeness (QED) is 0.264. The van der Waals surface area contributed by atoms with Crippen LogP contribution in [0.25, 0.3) is 0 Å². The normalized spacial score (nSPS) is 10.2. The summed E-state index contributed by atoms with van der Waals surface area (Å²) in [4.78, 5) is 0. The largest absolute Gasteiger partial charge is 0.494 e. The van der Waals surface area contributed by atoms with Gasteiger partial charge in [0.2, 0.25) is 0 Å². The minimum absolute atomic E-state index is 0.284. The molecule has 0 radical (unpaired) electrons. The molecule has 0 amide bonds. The Balaban J connectivity index is 1.68. The number of amidine groups is 2. The summed E-state index contributed by atoms with van der Waals surface area (Å²) in [6.45, 7) is 1.20. The van der Waals surface area contributed by atoms with Gasteiger partial charge in [0, 0.05) is 0 Å². The minimum Gasteiger partial charge on any atom is -0.494 e. The first-order valence-corrected chi connectivity index (χ1v) is 7.78. The fourth-order valence-electron chi connectivity index (χ4n) is 2.12. The second kappa shape index (κ2) is 8.57. The zero-order valence-electron chi connectivity index (χ0n) is 13.6. The Morgan fingerprint density at radius 1 is 0.750 bits per heavy atom. The Kier molecular flexibility index (Phi) is 6.19. The lowest BCUT2D eigenvalue weighted by molar-refractivity contribution is -0.115. The third-order valence-corrected chi connectivity index (χ3v) is 3.41. The molecule has 0 aliphatic carbocycles. The fraction of sp³-hybridized carbons (Fsp3) is 0.222. The Bertz CT molecular complexity index is 654. The van der Waals surface area contributed by atoms with Crippen LogP contribution in [0, 0.1) is 0 Å². The van der Waals surface area contributed by atoms with Gasteiger partial charge >= 0.3 is 0 Å². The third-order valence-electron chi connectivity index (χ3n) is 3.41. The van der Waals surface area contributed by atoms with Crippen molar-refractivity contribution in [3.63, 3.8) is 0 Å². The van der Waals surface area contributed by atoms with E-state index in [0.717, 1.165) is 35.5 Å². The van der Waals surface area contributed by atoms with Gasteiger partial charge in [0.15, 0.2) is 0 Å². The number of rotatable bonds is 9. The molecule has 6 nitrogen and oxygen atoms in total. The van der Waals surface area contributed by atoms with Gasteiger partial charge in [0.25, 0.3) is 11.7 Å². The smallest absolute Gasteiger partial charge is 0.270 e. The van der Waals surface area contributed by atoms with Crippen molar-refractivity contribution < 1.29 is 20.3 Å². The van der Waals surface area contributed by atoms with Crippen molar-refractivity contribution >= 4 is 11.7 Å². The molecule has 126 valence electrons. The molecular formula is C18H24N4O2+2. The average Bonchev–Trinajstić information content (AvgIpc) is 2.58. The summed E-state index contributed by atoms with van der Waals surface area (Å²) in [5.41, 5.74) is 12.7. The predicted octanol–water partition coefficient (Wildman–Crippen LogP) is -1.15. The van der Waals surface area contributed by atoms with Crippen molar-refractivity contribution in [2.75, 3.05) is 13.2 Å². The molecule has 8 N–H and O–H groups in total. The molecule has 2 rings (SSSR count). The monoisotopic (exact) mass is 328 g/mol. The van der Waals surface area contributed by atoms with E-state index in [1.54, 1.807) is 0 Å². The van der Waals surface area contributed by atoms with Gasteiger partial charge in [-0.05, 0) is 49.2 Å². The van der Waals surface area contributed by atoms with E-state index >= 15 is 0 Å². The topological polar surface area (TPSA) is 122 Å². The van der Waals surface area contributed by atoms with E-state index in [9.17, 15) is 0 Å². The van der Waals surface area contributed by atoms with E-state index < -0.39 is 0 Å². The summed E-state index contributed by atoms with van der Waals surface area (Å²) < 4.78 is 11.4. The van der Waals surface area contributed by atoms with Crippen LogP contribution in [0.5, 0.6) is 11.5 Å². The molecule has 2 aromatic carbocycles. The molecular weight excluding hydrogens is 304 g/mol. The Labute approximate surface area is 141 Å². The lowest BCUT2D eigenvalue weighted by Gasteiger charge is -2.08. The molecule has 6 heteroatoms. The molecule has 0 spiro atoms. The number of nitrogens with two attached hydrogens (primary N) is 4. The van der Waals surface area contributed by atoms with Crippen LogP contribution in [0.2, 0.25) is 0 Å². The van der Waals surface area contributed by atoms with Gasteiger partial charge in [0.05, 0.1) is 24.3 Å². The van der Waals surface area contributed by atoms with E-state index in [4.69, 9.17) is 31.8 Å². The molecule has 24 heavy (non-hydrogen) atoms. The number of unbranched alkanes of at least 4 members (excludes halogenated alkanes) is 1. The maximum absolute atomic E-state index is 5.68. The predicted molar refractivity (Wildman–Crippen MR) is 93.6 cm³/mol. The molecule has 0 aliphatic heterocycles. The first kappa shape index (κ1) is 17.3. The first-order valence-electron chi connectivity index (χ1n) is 7.78. The Hall–Kier alpha value is -3.02. The lowest BCUT2D eigenvalue weighted by Crippen LogP contribution is -2.46. The van der Waals surface area contributed by atoms with Crippen LogP contribution >= 0.6 is 0 Å². The van der Waals surface area contributed by atoms with Gasteiger partial charge in [-0.2, -0.15) is 0 Å². The second-order valence-corrected chi connectivity index (χ2v) is 5.37. The average molecular weight is 328 g/mol. The van der Waals surface area contributed by atoms with Crippen molar-refractivity contribution in [2.24, 2.45) is 11.5 Å². The number of benzene rings is 2. The standard InChI is InChI=1S/C18H22N4O2/c19-17(20)13-5-3-7-15(11-13)23-9-1-2-10-24-16-8-4-6-14(12-16)18(21)22/h3-8,11-12H,1-2,9-10H2,(H3,19,20)(H3,21,22)/p+2. The minimum atomic E-state index is 0.284. The zero-order chi connectivity index (χ0) is 17.4. The SMILES string of the molecule is NC(=[NH2+])c1cccc(OCCCCOc2cccc(C(N)=[NH2+])c2)c1. The number of hydrogen-bond acceptors (Lipinski definition) is 2. The van der Waals surface area contributed by atoms with Gasteiger partial charge in [-0.1, -0.05) is 12.1 Å². The van der Waals surface area contributed by atoms with E-state index in [0.29, 0.717) is 13.2 Å². The van der Waals surface area contributed by atoms with E-state index in [1.165, 1.54) is 0 Å². The summed E-state index contributed by atoms with van der Waals surface area (Å²) in [6.07, 6.45) is 1.74. The molecule has 0 bridgehead atoms. The summed E-state index contributed by atoms with van der Waals surface area (Å²) in [5, 5.41) is 11.1. The van der Waals surface area contributed by atoms with Crippen LogP contribution in [0.1, 0.15) is 24.0 Å². The van der Waals surface area contributed by atoms with Gasteiger partial charge in [0.1, 0.15) is 11.5 Å². The van der Waals surface area contributed by atoms with Gasteiger partial charge < -0.3 is 9.47 Å². The zero-order valence-corrected chi connectivity index (χ0v) is 13.6. The van der Waals surface area contributed by atoms with E-state index in [1.807, 2.05) is 48.5 Å². The van der Waals surface area contributed by atoms with Crippen LogP contribution in [0.4, 0.5) is 0 Å². The van der Waals surface area contributed by atoms with Crippen LogP contribution < -0.4 is 31.8 Å². The summed E-state index contributed by atoms with van der Waals surface area (Å²) in [6, 6.07) is 14.8. The van der Waals surface area contributed by atoms with Crippen LogP contribution in [-0.4, -0.2) is 24.9 Å². The summed E-state index contributed by atoms with van der Waals surface area (Å²) in [5.74, 6) is 2.07. The lowest BCUT2D eigenvalue weighted by atomic mass is 10.2. The van der Waals surface area contributed by atoms with Gasteiger partial charge in [-0.25, -0.2) is 0 Å². The molecule has 0 saturated heterocycles. The number of ether oxygens (including phenoxy) is 2. The molecule has 0 aliphatic rings. The molecule has 0 atom stereocenters. The molecule has 0 heterocycles. The van der Waals surface area contributed by atoms with Crippen LogP contribution in [-0.2, 0) is 0 Å². The summed E-state index contributed by atoms with van der Waals surface area (Å²) >= 11 is 0. The molecule has 0 unspecified atom stereocenters. The Morgan fingerprint density at radius 3 is 1.54 bits per heavy atom. The van der Waals surface area contributed by atoms with Gasteiger partial charge in [-0.15, -0.1) is 0 Å². The van der Waals surface area contributed by atoms with Crippen molar-refractivity contribution in [1.82, 2.24) is 0 Å². The van der Waals surface area contributed by atoms with Crippen molar-refractivity contribution in [1.29, 1.82) is 0 Å². The highest BCUT2D eigenvalue weighted by molar-refractivity contribution is 5.93.